The monoisotopic (exact) mass is 495 g/mol. The van der Waals surface area contributed by atoms with E-state index in [4.69, 9.17) is 0 Å². The summed E-state index contributed by atoms with van der Waals surface area (Å²) < 4.78 is 54.1. The number of carbonyl (C=O) groups is 2. The molecule has 10 heteroatoms. The van der Waals surface area contributed by atoms with Gasteiger partial charge in [-0.2, -0.15) is 4.31 Å². The van der Waals surface area contributed by atoms with Crippen molar-refractivity contribution in [3.63, 3.8) is 0 Å². The number of halogens is 2. The number of nitrogens with zero attached hydrogens (tertiary/aromatic N) is 2. The molecular weight excluding hydrogens is 464 g/mol. The van der Waals surface area contributed by atoms with E-state index in [9.17, 15) is 26.8 Å². The second-order valence-electron chi connectivity index (χ2n) is 8.24. The highest BCUT2D eigenvalue weighted by atomic mass is 32.2. The Kier molecular flexibility index (Phi) is 9.29. The van der Waals surface area contributed by atoms with Crippen molar-refractivity contribution < 1.29 is 26.8 Å². The Labute approximate surface area is 199 Å². The van der Waals surface area contributed by atoms with E-state index in [0.29, 0.717) is 13.1 Å². The van der Waals surface area contributed by atoms with Crippen LogP contribution in [0.4, 0.5) is 8.78 Å². The van der Waals surface area contributed by atoms with Crippen LogP contribution in [-0.4, -0.2) is 55.6 Å². The van der Waals surface area contributed by atoms with Crippen molar-refractivity contribution in [2.45, 2.75) is 45.2 Å². The number of amides is 2. The normalized spacial score (nSPS) is 12.6. The summed E-state index contributed by atoms with van der Waals surface area (Å²) in [6.07, 6.45) is 0. The van der Waals surface area contributed by atoms with Crippen molar-refractivity contribution in [2.24, 2.45) is 5.92 Å². The van der Waals surface area contributed by atoms with E-state index in [1.807, 2.05) is 0 Å². The van der Waals surface area contributed by atoms with E-state index in [1.165, 1.54) is 46.6 Å². The standard InChI is InChI=1S/C24H31F2N3O4S/c1-6-29(7-2)34(32,33)20-10-8-9-17(13-20)23(30)27-22(16(3)4)24(31)28(5)15-18-11-12-19(25)14-21(18)26/h8-14,16,22H,6-7,15H2,1-5H3,(H,27,30)/t22-/m1/s1. The van der Waals surface area contributed by atoms with Gasteiger partial charge in [0.25, 0.3) is 5.91 Å². The van der Waals surface area contributed by atoms with Crippen LogP contribution in [0.15, 0.2) is 47.4 Å². The molecular formula is C24H31F2N3O4S. The van der Waals surface area contributed by atoms with Gasteiger partial charge in [-0.1, -0.05) is 39.8 Å². The minimum atomic E-state index is -3.76. The van der Waals surface area contributed by atoms with Crippen LogP contribution in [0, 0.1) is 17.6 Å². The number of likely N-dealkylation sites (N-methyl/N-ethyl adjacent to an activating group) is 1. The fourth-order valence-electron chi connectivity index (χ4n) is 3.47. The zero-order valence-corrected chi connectivity index (χ0v) is 20.8. The summed E-state index contributed by atoms with van der Waals surface area (Å²) >= 11 is 0. The second kappa shape index (κ2) is 11.5. The average Bonchev–Trinajstić information content (AvgIpc) is 2.79. The zero-order chi connectivity index (χ0) is 25.6. The Balaban J connectivity index is 2.22. The Morgan fingerprint density at radius 1 is 1.03 bits per heavy atom. The molecule has 34 heavy (non-hydrogen) atoms. The number of carbonyl (C=O) groups excluding carboxylic acids is 2. The molecule has 0 saturated carbocycles. The van der Waals surface area contributed by atoms with Gasteiger partial charge in [-0.15, -0.1) is 0 Å². The van der Waals surface area contributed by atoms with Gasteiger partial charge >= 0.3 is 0 Å². The van der Waals surface area contributed by atoms with Crippen molar-refractivity contribution in [3.8, 4) is 0 Å². The van der Waals surface area contributed by atoms with E-state index >= 15 is 0 Å². The van der Waals surface area contributed by atoms with Crippen LogP contribution in [0.1, 0.15) is 43.6 Å². The number of benzene rings is 2. The third kappa shape index (κ3) is 6.38. The molecule has 0 aliphatic rings. The second-order valence-corrected chi connectivity index (χ2v) is 10.2. The SMILES string of the molecule is CCN(CC)S(=O)(=O)c1cccc(C(=O)N[C@@H](C(=O)N(C)Cc2ccc(F)cc2F)C(C)C)c1. The van der Waals surface area contributed by atoms with Gasteiger partial charge in [-0.25, -0.2) is 17.2 Å². The van der Waals surface area contributed by atoms with Gasteiger partial charge in [0.1, 0.15) is 17.7 Å². The Morgan fingerprint density at radius 3 is 2.24 bits per heavy atom. The highest BCUT2D eigenvalue weighted by Gasteiger charge is 2.29. The summed E-state index contributed by atoms with van der Waals surface area (Å²) in [5, 5.41) is 2.67. The zero-order valence-electron chi connectivity index (χ0n) is 20.0. The number of nitrogens with one attached hydrogen (secondary N) is 1. The first-order valence-corrected chi connectivity index (χ1v) is 12.5. The van der Waals surface area contributed by atoms with Crippen LogP contribution in [-0.2, 0) is 21.4 Å². The largest absolute Gasteiger partial charge is 0.340 e. The highest BCUT2D eigenvalue weighted by molar-refractivity contribution is 7.89. The maximum absolute atomic E-state index is 14.0. The molecule has 0 aromatic heterocycles. The molecule has 1 N–H and O–H groups in total. The third-order valence-electron chi connectivity index (χ3n) is 5.46. The molecule has 0 radical (unpaired) electrons. The predicted octanol–water partition coefficient (Wildman–Crippen LogP) is 3.41. The number of rotatable bonds is 10. The summed E-state index contributed by atoms with van der Waals surface area (Å²) in [6.45, 7) is 7.42. The highest BCUT2D eigenvalue weighted by Crippen LogP contribution is 2.18. The van der Waals surface area contributed by atoms with Crippen molar-refractivity contribution in [3.05, 3.63) is 65.2 Å². The molecule has 7 nitrogen and oxygen atoms in total. The topological polar surface area (TPSA) is 86.8 Å². The molecule has 2 rings (SSSR count). The summed E-state index contributed by atoms with van der Waals surface area (Å²) in [6, 6.07) is 7.81. The molecule has 2 aromatic carbocycles. The number of hydrogen-bond acceptors (Lipinski definition) is 4. The summed E-state index contributed by atoms with van der Waals surface area (Å²) in [7, 11) is -2.30. The molecule has 0 aliphatic carbocycles. The van der Waals surface area contributed by atoms with Gasteiger partial charge in [0.2, 0.25) is 15.9 Å². The van der Waals surface area contributed by atoms with Gasteiger partial charge in [-0.05, 0) is 30.2 Å². The molecule has 0 saturated heterocycles. The Morgan fingerprint density at radius 2 is 1.68 bits per heavy atom. The lowest BCUT2D eigenvalue weighted by atomic mass is 10.0. The van der Waals surface area contributed by atoms with Crippen LogP contribution in [0.2, 0.25) is 0 Å². The Hall–Kier alpha value is -2.85. The lowest BCUT2D eigenvalue weighted by molar-refractivity contribution is -0.133. The minimum Gasteiger partial charge on any atom is -0.340 e. The van der Waals surface area contributed by atoms with E-state index < -0.39 is 39.5 Å². The lowest BCUT2D eigenvalue weighted by Gasteiger charge is -2.27. The first-order chi connectivity index (χ1) is 15.9. The molecule has 0 bridgehead atoms. The van der Waals surface area contributed by atoms with Crippen LogP contribution >= 0.6 is 0 Å². The predicted molar refractivity (Wildman–Crippen MR) is 125 cm³/mol. The molecule has 1 atom stereocenters. The summed E-state index contributed by atoms with van der Waals surface area (Å²) in [5.41, 5.74) is 0.235. The third-order valence-corrected chi connectivity index (χ3v) is 7.50. The van der Waals surface area contributed by atoms with Crippen molar-refractivity contribution in [2.75, 3.05) is 20.1 Å². The van der Waals surface area contributed by atoms with E-state index in [1.54, 1.807) is 27.7 Å². The quantitative estimate of drug-likeness (QED) is 0.547. The number of sulfonamides is 1. The molecule has 0 aliphatic heterocycles. The minimum absolute atomic E-state index is 0.0137. The number of hydrogen-bond donors (Lipinski definition) is 1. The molecule has 2 aromatic rings. The van der Waals surface area contributed by atoms with Crippen LogP contribution in [0.5, 0.6) is 0 Å². The summed E-state index contributed by atoms with van der Waals surface area (Å²) in [5.74, 6) is -2.85. The lowest BCUT2D eigenvalue weighted by Crippen LogP contribution is -2.50. The first kappa shape index (κ1) is 27.4. The van der Waals surface area contributed by atoms with Crippen LogP contribution in [0.25, 0.3) is 0 Å². The van der Waals surface area contributed by atoms with Gasteiger partial charge in [0.15, 0.2) is 0 Å². The molecule has 0 fully saturated rings. The molecule has 2 amide bonds. The average molecular weight is 496 g/mol. The van der Waals surface area contributed by atoms with Gasteiger partial charge in [-0.3, -0.25) is 9.59 Å². The van der Waals surface area contributed by atoms with E-state index in [2.05, 4.69) is 5.32 Å². The first-order valence-electron chi connectivity index (χ1n) is 11.0. The van der Waals surface area contributed by atoms with Crippen molar-refractivity contribution in [1.29, 1.82) is 0 Å². The maximum atomic E-state index is 14.0. The van der Waals surface area contributed by atoms with E-state index in [-0.39, 0.29) is 28.5 Å². The van der Waals surface area contributed by atoms with Crippen LogP contribution < -0.4 is 5.32 Å². The van der Waals surface area contributed by atoms with E-state index in [0.717, 1.165) is 12.1 Å². The molecule has 0 unspecified atom stereocenters. The molecule has 0 spiro atoms. The van der Waals surface area contributed by atoms with Gasteiger partial charge in [0.05, 0.1) is 4.90 Å². The molecule has 0 heterocycles. The maximum Gasteiger partial charge on any atom is 0.251 e. The van der Waals surface area contributed by atoms with Crippen LogP contribution in [0.3, 0.4) is 0 Å². The summed E-state index contributed by atoms with van der Waals surface area (Å²) in [4.78, 5) is 27.2. The van der Waals surface area contributed by atoms with Gasteiger partial charge in [0, 0.05) is 43.9 Å². The molecule has 186 valence electrons. The fourth-order valence-corrected chi connectivity index (χ4v) is 4.97. The van der Waals surface area contributed by atoms with Crippen molar-refractivity contribution >= 4 is 21.8 Å². The fraction of sp³-hybridized carbons (Fsp3) is 0.417. The Bertz CT molecular complexity index is 1130. The smallest absolute Gasteiger partial charge is 0.251 e. The van der Waals surface area contributed by atoms with Crippen molar-refractivity contribution in [1.82, 2.24) is 14.5 Å². The van der Waals surface area contributed by atoms with Gasteiger partial charge < -0.3 is 10.2 Å².